The summed E-state index contributed by atoms with van der Waals surface area (Å²) in [5, 5.41) is 0. The highest BCUT2D eigenvalue weighted by Gasteiger charge is 2.10. The second kappa shape index (κ2) is 11.3. The number of benzene rings is 2. The van der Waals surface area contributed by atoms with Crippen molar-refractivity contribution in [2.45, 2.75) is 13.8 Å². The lowest BCUT2D eigenvalue weighted by atomic mass is 10.1. The summed E-state index contributed by atoms with van der Waals surface area (Å²) in [6.45, 7) is 4.50. The highest BCUT2D eigenvalue weighted by Crippen LogP contribution is 2.27. The van der Waals surface area contributed by atoms with Crippen LogP contribution in [0.5, 0.6) is 11.5 Å². The normalized spacial score (nSPS) is 9.31. The molecule has 6 heteroatoms. The molecule has 0 fully saturated rings. The maximum Gasteiger partial charge on any atom is 0.153 e. The maximum absolute atomic E-state index is 10.8. The molecule has 136 valence electrons. The number of aldehydes is 4. The van der Waals surface area contributed by atoms with E-state index in [0.717, 1.165) is 0 Å². The molecule has 2 rings (SSSR count). The van der Waals surface area contributed by atoms with Gasteiger partial charge < -0.3 is 9.47 Å². The maximum atomic E-state index is 10.8. The number of hydrogen-bond donors (Lipinski definition) is 0. The molecule has 6 nitrogen and oxygen atoms in total. The van der Waals surface area contributed by atoms with E-state index in [1.807, 2.05) is 13.8 Å². The molecular weight excluding hydrogens is 336 g/mol. The summed E-state index contributed by atoms with van der Waals surface area (Å²) < 4.78 is 10.5. The fourth-order valence-corrected chi connectivity index (χ4v) is 2.04. The summed E-state index contributed by atoms with van der Waals surface area (Å²) in [5.41, 5.74) is 1.83. The molecule has 26 heavy (non-hydrogen) atoms. The third-order valence-electron chi connectivity index (χ3n) is 3.18. The Morgan fingerprint density at radius 2 is 1.12 bits per heavy atom. The molecule has 0 aliphatic rings. The van der Waals surface area contributed by atoms with Crippen LogP contribution in [-0.4, -0.2) is 38.4 Å². The van der Waals surface area contributed by atoms with Crippen molar-refractivity contribution in [2.75, 3.05) is 13.2 Å². The van der Waals surface area contributed by atoms with Gasteiger partial charge in [0, 0.05) is 11.1 Å². The highest BCUT2D eigenvalue weighted by atomic mass is 16.5. The first-order valence-corrected chi connectivity index (χ1v) is 7.97. The second-order valence-electron chi connectivity index (χ2n) is 4.94. The molecule has 0 unspecified atom stereocenters. The van der Waals surface area contributed by atoms with E-state index in [0.29, 0.717) is 72.1 Å². The van der Waals surface area contributed by atoms with E-state index >= 15 is 0 Å². The zero-order chi connectivity index (χ0) is 19.4. The standard InChI is InChI=1S/C12H14O4.C8H6O2/c1-3-15-11-5-10(8-14)12(16-4-2)6-9(11)7-13;9-5-7-2-1-3-8(4-7)6-10/h5-8H,3-4H2,1-2H3;1-6H. The molecule has 0 saturated heterocycles. The first kappa shape index (κ1) is 20.8. The fraction of sp³-hybridized carbons (Fsp3) is 0.200. The van der Waals surface area contributed by atoms with E-state index in [-0.39, 0.29) is 0 Å². The molecule has 0 heterocycles. The van der Waals surface area contributed by atoms with Crippen LogP contribution in [0.3, 0.4) is 0 Å². The minimum absolute atomic E-state index is 0.385. The van der Waals surface area contributed by atoms with Crippen LogP contribution in [0.4, 0.5) is 0 Å². The van der Waals surface area contributed by atoms with Gasteiger partial charge in [-0.3, -0.25) is 19.2 Å². The molecule has 2 aromatic carbocycles. The largest absolute Gasteiger partial charge is 0.493 e. The van der Waals surface area contributed by atoms with Gasteiger partial charge in [-0.15, -0.1) is 0 Å². The van der Waals surface area contributed by atoms with Gasteiger partial charge in [-0.1, -0.05) is 18.2 Å². The lowest BCUT2D eigenvalue weighted by molar-refractivity contribution is 0.110. The Kier molecular flexibility index (Phi) is 9.03. The molecule has 0 N–H and O–H groups in total. The van der Waals surface area contributed by atoms with Crippen molar-refractivity contribution in [3.63, 3.8) is 0 Å². The lowest BCUT2D eigenvalue weighted by Gasteiger charge is -2.11. The van der Waals surface area contributed by atoms with Crippen molar-refractivity contribution in [3.8, 4) is 11.5 Å². The zero-order valence-electron chi connectivity index (χ0n) is 14.6. The molecule has 2 aromatic rings. The predicted octanol–water partition coefficient (Wildman–Crippen LogP) is 3.42. The molecular formula is C20H20O6. The highest BCUT2D eigenvalue weighted by molar-refractivity contribution is 5.87. The van der Waals surface area contributed by atoms with Gasteiger partial charge in [-0.25, -0.2) is 0 Å². The van der Waals surface area contributed by atoms with Crippen LogP contribution in [0.2, 0.25) is 0 Å². The van der Waals surface area contributed by atoms with Gasteiger partial charge in [0.05, 0.1) is 24.3 Å². The first-order chi connectivity index (χ1) is 12.6. The molecule has 0 bridgehead atoms. The van der Waals surface area contributed by atoms with Crippen molar-refractivity contribution in [3.05, 3.63) is 58.7 Å². The number of carbonyl (C=O) groups excluding carboxylic acids is 4. The van der Waals surface area contributed by atoms with E-state index < -0.39 is 0 Å². The Morgan fingerprint density at radius 1 is 0.692 bits per heavy atom. The van der Waals surface area contributed by atoms with Crippen molar-refractivity contribution in [1.82, 2.24) is 0 Å². The van der Waals surface area contributed by atoms with Gasteiger partial charge in [0.1, 0.15) is 24.1 Å². The minimum atomic E-state index is 0.385. The summed E-state index contributed by atoms with van der Waals surface area (Å²) in [7, 11) is 0. The van der Waals surface area contributed by atoms with E-state index in [9.17, 15) is 19.2 Å². The summed E-state index contributed by atoms with van der Waals surface area (Å²) in [5.74, 6) is 0.811. The van der Waals surface area contributed by atoms with Crippen molar-refractivity contribution in [1.29, 1.82) is 0 Å². The topological polar surface area (TPSA) is 86.7 Å². The Bertz CT molecular complexity index is 706. The van der Waals surface area contributed by atoms with Crippen LogP contribution in [-0.2, 0) is 0 Å². The quantitative estimate of drug-likeness (QED) is 0.674. The van der Waals surface area contributed by atoms with Gasteiger partial charge in [0.25, 0.3) is 0 Å². The van der Waals surface area contributed by atoms with Crippen molar-refractivity contribution in [2.24, 2.45) is 0 Å². The van der Waals surface area contributed by atoms with E-state index in [1.54, 1.807) is 24.3 Å². The number of hydrogen-bond acceptors (Lipinski definition) is 6. The van der Waals surface area contributed by atoms with E-state index in [2.05, 4.69) is 0 Å². The van der Waals surface area contributed by atoms with Gasteiger partial charge in [-0.2, -0.15) is 0 Å². The predicted molar refractivity (Wildman–Crippen MR) is 96.8 cm³/mol. The van der Waals surface area contributed by atoms with Crippen molar-refractivity contribution < 1.29 is 28.7 Å². The molecule has 0 atom stereocenters. The molecule has 0 aromatic heterocycles. The monoisotopic (exact) mass is 356 g/mol. The third kappa shape index (κ3) is 5.98. The van der Waals surface area contributed by atoms with Crippen molar-refractivity contribution >= 4 is 25.1 Å². The summed E-state index contributed by atoms with van der Waals surface area (Å²) in [4.78, 5) is 42.0. The van der Waals surface area contributed by atoms with Crippen LogP contribution in [0, 0.1) is 0 Å². The lowest BCUT2D eigenvalue weighted by Crippen LogP contribution is -2.01. The van der Waals surface area contributed by atoms with Crippen LogP contribution in [0.25, 0.3) is 0 Å². The van der Waals surface area contributed by atoms with Crippen LogP contribution < -0.4 is 9.47 Å². The number of rotatable bonds is 8. The number of ether oxygens (including phenoxy) is 2. The van der Waals surface area contributed by atoms with E-state index in [1.165, 1.54) is 12.1 Å². The molecule has 0 spiro atoms. The molecule has 0 radical (unpaired) electrons. The van der Waals surface area contributed by atoms with Crippen LogP contribution in [0.15, 0.2) is 36.4 Å². The smallest absolute Gasteiger partial charge is 0.153 e. The Balaban J connectivity index is 0.000000289. The number of carbonyl (C=O) groups is 4. The first-order valence-electron chi connectivity index (χ1n) is 7.97. The van der Waals surface area contributed by atoms with Gasteiger partial charge in [-0.05, 0) is 32.0 Å². The summed E-state index contributed by atoms with van der Waals surface area (Å²) >= 11 is 0. The Morgan fingerprint density at radius 3 is 1.42 bits per heavy atom. The molecule has 0 aliphatic carbocycles. The molecule has 0 saturated carbocycles. The Labute approximate surface area is 151 Å². The molecule has 0 amide bonds. The summed E-state index contributed by atoms with van der Waals surface area (Å²) in [6, 6.07) is 9.56. The summed E-state index contributed by atoms with van der Waals surface area (Å²) in [6.07, 6.45) is 2.80. The van der Waals surface area contributed by atoms with Gasteiger partial charge in [0.2, 0.25) is 0 Å². The zero-order valence-corrected chi connectivity index (χ0v) is 14.6. The average molecular weight is 356 g/mol. The second-order valence-corrected chi connectivity index (χ2v) is 4.94. The van der Waals surface area contributed by atoms with Crippen LogP contribution in [0.1, 0.15) is 55.3 Å². The molecule has 0 aliphatic heterocycles. The SMILES string of the molecule is CCOc1cc(C=O)c(OCC)cc1C=O.O=Cc1cccc(C=O)c1. The average Bonchev–Trinajstić information content (AvgIpc) is 2.69. The Hall–Kier alpha value is -3.28. The minimum Gasteiger partial charge on any atom is -0.493 e. The van der Waals surface area contributed by atoms with Crippen LogP contribution >= 0.6 is 0 Å². The van der Waals surface area contributed by atoms with Gasteiger partial charge in [0.15, 0.2) is 12.6 Å². The third-order valence-corrected chi connectivity index (χ3v) is 3.18. The van der Waals surface area contributed by atoms with E-state index in [4.69, 9.17) is 9.47 Å². The van der Waals surface area contributed by atoms with Gasteiger partial charge >= 0.3 is 0 Å². The fourth-order valence-electron chi connectivity index (χ4n) is 2.04.